The van der Waals surface area contributed by atoms with Crippen molar-refractivity contribution in [2.75, 3.05) is 0 Å². The Hall–Kier alpha value is -3.25. The van der Waals surface area contributed by atoms with E-state index in [-0.39, 0.29) is 6.61 Å². The van der Waals surface area contributed by atoms with E-state index < -0.39 is 11.6 Å². The summed E-state index contributed by atoms with van der Waals surface area (Å²) in [6.07, 6.45) is 0. The average molecular weight is 412 g/mol. The summed E-state index contributed by atoms with van der Waals surface area (Å²) in [5.41, 5.74) is 0.0446. The number of halogens is 1. The fraction of sp³-hybridized carbons (Fsp3) is 0.182. The van der Waals surface area contributed by atoms with Gasteiger partial charge in [0.05, 0.1) is 0 Å². The van der Waals surface area contributed by atoms with Gasteiger partial charge in [0.25, 0.3) is 0 Å². The number of furan rings is 1. The summed E-state index contributed by atoms with van der Waals surface area (Å²) in [7, 11) is 0. The molecule has 0 aliphatic carbocycles. The molecule has 0 atom stereocenters. The van der Waals surface area contributed by atoms with Gasteiger partial charge in [-0.3, -0.25) is 0 Å². The molecule has 0 aliphatic rings. The third kappa shape index (κ3) is 4.27. The molecule has 0 unspecified atom stereocenters. The fourth-order valence-electron chi connectivity index (χ4n) is 2.75. The molecule has 0 saturated carbocycles. The Morgan fingerprint density at radius 1 is 1.07 bits per heavy atom. The molecule has 0 N–H and O–H groups in total. The summed E-state index contributed by atoms with van der Waals surface area (Å²) < 4.78 is 22.2. The van der Waals surface area contributed by atoms with Gasteiger partial charge in [-0.1, -0.05) is 35.0 Å². The highest BCUT2D eigenvalue weighted by molar-refractivity contribution is 6.30. The molecule has 0 radical (unpaired) electrons. The number of benzene rings is 2. The second-order valence-corrected chi connectivity index (χ2v) is 7.41. The molecule has 0 aliphatic heterocycles. The largest absolute Gasteiger partial charge is 0.476 e. The molecule has 4 aromatic rings. The molecule has 2 aromatic carbocycles. The van der Waals surface area contributed by atoms with Gasteiger partial charge >= 0.3 is 5.97 Å². The molecule has 0 amide bonds. The van der Waals surface area contributed by atoms with E-state index in [1.807, 2.05) is 30.3 Å². The molecule has 4 rings (SSSR count). The number of para-hydroxylation sites is 1. The molecule has 0 spiro atoms. The van der Waals surface area contributed by atoms with Gasteiger partial charge < -0.3 is 18.4 Å². The lowest BCUT2D eigenvalue weighted by Gasteiger charge is -2.24. The second-order valence-electron chi connectivity index (χ2n) is 6.97. The summed E-state index contributed by atoms with van der Waals surface area (Å²) in [6.45, 7) is 3.22. The maximum Gasteiger partial charge on any atom is 0.350 e. The van der Waals surface area contributed by atoms with E-state index in [1.165, 1.54) is 0 Å². The molecular formula is C22H18ClNO5. The standard InChI is InChI=1S/C22H18ClNO5/c1-22(2,28-17-9-7-15(23)8-10-17)21(25)26-13-16-12-20(29-24-16)19-11-14-5-3-4-6-18(14)27-19/h3-12H,13H2,1-2H3. The Morgan fingerprint density at radius 3 is 2.59 bits per heavy atom. The monoisotopic (exact) mass is 411 g/mol. The minimum absolute atomic E-state index is 0.0457. The Morgan fingerprint density at radius 2 is 1.83 bits per heavy atom. The van der Waals surface area contributed by atoms with E-state index >= 15 is 0 Å². The molecule has 29 heavy (non-hydrogen) atoms. The van der Waals surface area contributed by atoms with Gasteiger partial charge in [-0.2, -0.15) is 0 Å². The maximum atomic E-state index is 12.5. The first-order chi connectivity index (χ1) is 13.9. The van der Waals surface area contributed by atoms with Crippen molar-refractivity contribution in [1.82, 2.24) is 5.16 Å². The van der Waals surface area contributed by atoms with Crippen LogP contribution in [0.3, 0.4) is 0 Å². The van der Waals surface area contributed by atoms with Crippen LogP contribution in [-0.2, 0) is 16.1 Å². The zero-order chi connectivity index (χ0) is 20.4. The van der Waals surface area contributed by atoms with Crippen molar-refractivity contribution in [2.24, 2.45) is 0 Å². The number of hydrogen-bond acceptors (Lipinski definition) is 6. The van der Waals surface area contributed by atoms with Crippen molar-refractivity contribution in [2.45, 2.75) is 26.1 Å². The molecule has 0 bridgehead atoms. The van der Waals surface area contributed by atoms with Crippen LogP contribution >= 0.6 is 11.6 Å². The summed E-state index contributed by atoms with van der Waals surface area (Å²) in [4.78, 5) is 12.5. The van der Waals surface area contributed by atoms with Crippen molar-refractivity contribution >= 4 is 28.5 Å². The van der Waals surface area contributed by atoms with Crippen LogP contribution in [0.5, 0.6) is 5.75 Å². The highest BCUT2D eigenvalue weighted by atomic mass is 35.5. The summed E-state index contributed by atoms with van der Waals surface area (Å²) in [6, 6.07) is 18.0. The Bertz CT molecular complexity index is 1110. The Kier molecular flexibility index (Phi) is 5.03. The maximum absolute atomic E-state index is 12.5. The first-order valence-electron chi connectivity index (χ1n) is 8.97. The lowest BCUT2D eigenvalue weighted by Crippen LogP contribution is -2.39. The van der Waals surface area contributed by atoms with Crippen LogP contribution in [0, 0.1) is 0 Å². The van der Waals surface area contributed by atoms with Crippen molar-refractivity contribution in [3.05, 3.63) is 71.4 Å². The van der Waals surface area contributed by atoms with Gasteiger partial charge in [0.2, 0.25) is 5.76 Å². The van der Waals surface area contributed by atoms with Crippen LogP contribution in [0.1, 0.15) is 19.5 Å². The van der Waals surface area contributed by atoms with Crippen LogP contribution in [-0.4, -0.2) is 16.7 Å². The third-order valence-electron chi connectivity index (χ3n) is 4.26. The molecule has 7 heteroatoms. The first kappa shape index (κ1) is 19.1. The quantitative estimate of drug-likeness (QED) is 0.382. The number of esters is 1. The van der Waals surface area contributed by atoms with Crippen LogP contribution in [0.25, 0.3) is 22.5 Å². The highest BCUT2D eigenvalue weighted by Crippen LogP contribution is 2.28. The van der Waals surface area contributed by atoms with E-state index in [1.54, 1.807) is 44.2 Å². The van der Waals surface area contributed by atoms with Crippen molar-refractivity contribution < 1.29 is 23.2 Å². The van der Waals surface area contributed by atoms with Gasteiger partial charge in [0.15, 0.2) is 11.4 Å². The Labute approximate surface area is 172 Å². The van der Waals surface area contributed by atoms with Gasteiger partial charge in [0.1, 0.15) is 23.6 Å². The highest BCUT2D eigenvalue weighted by Gasteiger charge is 2.32. The number of rotatable bonds is 6. The zero-order valence-corrected chi connectivity index (χ0v) is 16.6. The smallest absolute Gasteiger partial charge is 0.350 e. The first-order valence-corrected chi connectivity index (χ1v) is 9.35. The average Bonchev–Trinajstić information content (AvgIpc) is 3.34. The molecule has 148 valence electrons. The summed E-state index contributed by atoms with van der Waals surface area (Å²) in [5.74, 6) is 1.01. The predicted octanol–water partition coefficient (Wildman–Crippen LogP) is 5.64. The number of hydrogen-bond donors (Lipinski definition) is 0. The lowest BCUT2D eigenvalue weighted by molar-refractivity contribution is -0.160. The third-order valence-corrected chi connectivity index (χ3v) is 4.51. The van der Waals surface area contributed by atoms with Crippen LogP contribution < -0.4 is 4.74 Å². The minimum atomic E-state index is -1.18. The Balaban J connectivity index is 1.39. The molecule has 2 heterocycles. The van der Waals surface area contributed by atoms with Crippen molar-refractivity contribution in [3.63, 3.8) is 0 Å². The molecular weight excluding hydrogens is 394 g/mol. The molecule has 2 aromatic heterocycles. The number of nitrogens with zero attached hydrogens (tertiary/aromatic N) is 1. The van der Waals surface area contributed by atoms with Gasteiger partial charge in [-0.25, -0.2) is 4.79 Å². The van der Waals surface area contributed by atoms with Crippen LogP contribution in [0.4, 0.5) is 0 Å². The predicted molar refractivity (Wildman–Crippen MR) is 108 cm³/mol. The van der Waals surface area contributed by atoms with Gasteiger partial charge in [-0.15, -0.1) is 0 Å². The zero-order valence-electron chi connectivity index (χ0n) is 15.8. The van der Waals surface area contributed by atoms with Crippen molar-refractivity contribution in [1.29, 1.82) is 0 Å². The van der Waals surface area contributed by atoms with Gasteiger partial charge in [-0.05, 0) is 50.2 Å². The topological polar surface area (TPSA) is 74.7 Å². The number of ether oxygens (including phenoxy) is 2. The fourth-order valence-corrected chi connectivity index (χ4v) is 2.88. The normalized spacial score (nSPS) is 11.6. The van der Waals surface area contributed by atoms with Crippen LogP contribution in [0.15, 0.2) is 69.6 Å². The number of aromatic nitrogens is 1. The van der Waals surface area contributed by atoms with E-state index in [0.717, 1.165) is 11.0 Å². The number of carbonyl (C=O) groups is 1. The summed E-state index contributed by atoms with van der Waals surface area (Å²) in [5, 5.41) is 5.50. The summed E-state index contributed by atoms with van der Waals surface area (Å²) >= 11 is 5.86. The van der Waals surface area contributed by atoms with Gasteiger partial charge in [0, 0.05) is 16.5 Å². The lowest BCUT2D eigenvalue weighted by atomic mass is 10.1. The number of carbonyl (C=O) groups excluding carboxylic acids is 1. The van der Waals surface area contributed by atoms with E-state index in [0.29, 0.717) is 28.0 Å². The van der Waals surface area contributed by atoms with E-state index in [9.17, 15) is 4.79 Å². The number of fused-ring (bicyclic) bond motifs is 1. The molecule has 6 nitrogen and oxygen atoms in total. The van der Waals surface area contributed by atoms with Crippen LogP contribution in [0.2, 0.25) is 5.02 Å². The van der Waals surface area contributed by atoms with E-state index in [2.05, 4.69) is 5.16 Å². The molecule has 0 saturated heterocycles. The van der Waals surface area contributed by atoms with E-state index in [4.69, 9.17) is 30.0 Å². The van der Waals surface area contributed by atoms with Crippen molar-refractivity contribution in [3.8, 4) is 17.3 Å². The second kappa shape index (κ2) is 7.64. The SMILES string of the molecule is CC(C)(Oc1ccc(Cl)cc1)C(=O)OCc1cc(-c2cc3ccccc3o2)on1. The minimum Gasteiger partial charge on any atom is -0.476 e. The molecule has 0 fully saturated rings.